The first kappa shape index (κ1) is 19.9. The Bertz CT molecular complexity index is 753. The molecule has 1 aliphatic carbocycles. The van der Waals surface area contributed by atoms with Crippen LogP contribution in [-0.2, 0) is 16.6 Å². The van der Waals surface area contributed by atoms with Crippen molar-refractivity contribution in [2.24, 2.45) is 5.92 Å². The van der Waals surface area contributed by atoms with Crippen LogP contribution < -0.4 is 4.74 Å². The summed E-state index contributed by atoms with van der Waals surface area (Å²) in [4.78, 5) is 6.22. The van der Waals surface area contributed by atoms with Crippen molar-refractivity contribution < 1.29 is 9.47 Å². The molecule has 0 N–H and O–H groups in total. The van der Waals surface area contributed by atoms with E-state index in [0.29, 0.717) is 5.92 Å². The van der Waals surface area contributed by atoms with E-state index < -0.39 is 0 Å². The number of aryl methyl sites for hydroxylation is 1. The Morgan fingerprint density at radius 1 is 1.21 bits per heavy atom. The molecule has 0 bridgehead atoms. The first-order chi connectivity index (χ1) is 13.6. The van der Waals surface area contributed by atoms with Crippen LogP contribution in [0.3, 0.4) is 0 Å². The van der Waals surface area contributed by atoms with Crippen molar-refractivity contribution in [2.75, 3.05) is 13.7 Å². The van der Waals surface area contributed by atoms with E-state index in [9.17, 15) is 0 Å². The van der Waals surface area contributed by atoms with Crippen molar-refractivity contribution in [2.45, 2.75) is 75.7 Å². The first-order valence-corrected chi connectivity index (χ1v) is 11.7. The highest BCUT2D eigenvalue weighted by molar-refractivity contribution is 7.10. The molecule has 2 unspecified atom stereocenters. The zero-order valence-electron chi connectivity index (χ0n) is 17.3. The molecule has 4 rings (SSSR count). The SMILES string of the molecule is COc1ccsc1CCC(C)CC1(c2ccccn2)CCOC2(CCCC2)C1. The van der Waals surface area contributed by atoms with Crippen LogP contribution in [-0.4, -0.2) is 24.3 Å². The summed E-state index contributed by atoms with van der Waals surface area (Å²) in [6.45, 7) is 3.30. The van der Waals surface area contributed by atoms with Gasteiger partial charge < -0.3 is 9.47 Å². The van der Waals surface area contributed by atoms with Gasteiger partial charge in [-0.2, -0.15) is 0 Å². The lowest BCUT2D eigenvalue weighted by Crippen LogP contribution is -2.47. The van der Waals surface area contributed by atoms with Gasteiger partial charge in [0.15, 0.2) is 0 Å². The molecule has 2 aliphatic rings. The molecule has 1 spiro atoms. The monoisotopic (exact) mass is 399 g/mol. The van der Waals surface area contributed by atoms with E-state index in [4.69, 9.17) is 14.5 Å². The summed E-state index contributed by atoms with van der Waals surface area (Å²) >= 11 is 1.82. The van der Waals surface area contributed by atoms with Gasteiger partial charge in [-0.1, -0.05) is 25.8 Å². The average Bonchev–Trinajstić information content (AvgIpc) is 3.36. The van der Waals surface area contributed by atoms with Crippen molar-refractivity contribution in [1.29, 1.82) is 0 Å². The molecule has 4 heteroatoms. The lowest BCUT2D eigenvalue weighted by Gasteiger charge is -2.47. The Morgan fingerprint density at radius 3 is 2.82 bits per heavy atom. The van der Waals surface area contributed by atoms with Gasteiger partial charge in [-0.15, -0.1) is 11.3 Å². The van der Waals surface area contributed by atoms with Gasteiger partial charge in [-0.25, -0.2) is 0 Å². The fourth-order valence-electron chi connectivity index (χ4n) is 5.57. The molecule has 3 heterocycles. The Balaban J connectivity index is 1.51. The van der Waals surface area contributed by atoms with Crippen LogP contribution in [0.25, 0.3) is 0 Å². The molecule has 1 saturated carbocycles. The maximum Gasteiger partial charge on any atom is 0.132 e. The molecule has 152 valence electrons. The quantitative estimate of drug-likeness (QED) is 0.558. The number of aromatic nitrogens is 1. The van der Waals surface area contributed by atoms with E-state index in [-0.39, 0.29) is 11.0 Å². The molecule has 28 heavy (non-hydrogen) atoms. The summed E-state index contributed by atoms with van der Waals surface area (Å²) < 4.78 is 11.9. The third-order valence-electron chi connectivity index (χ3n) is 6.90. The molecule has 0 radical (unpaired) electrons. The molecule has 2 aromatic rings. The molecular formula is C24H33NO2S. The Hall–Kier alpha value is -1.39. The number of pyridine rings is 1. The van der Waals surface area contributed by atoms with Crippen LogP contribution in [0.4, 0.5) is 0 Å². The van der Waals surface area contributed by atoms with Crippen molar-refractivity contribution in [3.8, 4) is 5.75 Å². The molecule has 1 aliphatic heterocycles. The molecule has 0 aromatic carbocycles. The lowest BCUT2D eigenvalue weighted by atomic mass is 9.65. The normalized spacial score (nSPS) is 25.1. The van der Waals surface area contributed by atoms with E-state index in [1.807, 2.05) is 23.6 Å². The molecule has 2 atom stereocenters. The van der Waals surface area contributed by atoms with Crippen LogP contribution in [0.1, 0.15) is 68.9 Å². The zero-order chi connectivity index (χ0) is 19.5. The third-order valence-corrected chi connectivity index (χ3v) is 7.86. The largest absolute Gasteiger partial charge is 0.496 e. The summed E-state index contributed by atoms with van der Waals surface area (Å²) in [5.41, 5.74) is 1.54. The van der Waals surface area contributed by atoms with Gasteiger partial charge in [0.1, 0.15) is 5.75 Å². The summed E-state index contributed by atoms with van der Waals surface area (Å²) in [7, 11) is 1.77. The molecule has 2 fully saturated rings. The van der Waals surface area contributed by atoms with Crippen molar-refractivity contribution >= 4 is 11.3 Å². The second kappa shape index (κ2) is 8.54. The fourth-order valence-corrected chi connectivity index (χ4v) is 6.43. The van der Waals surface area contributed by atoms with E-state index >= 15 is 0 Å². The highest BCUT2D eigenvalue weighted by Gasteiger charge is 2.48. The van der Waals surface area contributed by atoms with Gasteiger partial charge in [-0.3, -0.25) is 4.98 Å². The zero-order valence-corrected chi connectivity index (χ0v) is 18.1. The molecular weight excluding hydrogens is 366 g/mol. The highest BCUT2D eigenvalue weighted by atomic mass is 32.1. The van der Waals surface area contributed by atoms with Gasteiger partial charge >= 0.3 is 0 Å². The van der Waals surface area contributed by atoms with E-state index in [0.717, 1.165) is 31.6 Å². The summed E-state index contributed by atoms with van der Waals surface area (Å²) in [5, 5.41) is 2.14. The molecule has 1 saturated heterocycles. The Kier molecular flexibility index (Phi) is 6.07. The topological polar surface area (TPSA) is 31.4 Å². The van der Waals surface area contributed by atoms with Crippen molar-refractivity contribution in [3.05, 3.63) is 46.4 Å². The van der Waals surface area contributed by atoms with Crippen molar-refractivity contribution in [3.63, 3.8) is 0 Å². The number of ether oxygens (including phenoxy) is 2. The number of nitrogens with zero attached hydrogens (tertiary/aromatic N) is 1. The van der Waals surface area contributed by atoms with Crippen LogP contribution in [0.2, 0.25) is 0 Å². The van der Waals surface area contributed by atoms with Gasteiger partial charge in [0, 0.05) is 28.8 Å². The Morgan fingerprint density at radius 2 is 2.07 bits per heavy atom. The summed E-state index contributed by atoms with van der Waals surface area (Å²) in [6, 6.07) is 8.53. The first-order valence-electron chi connectivity index (χ1n) is 10.8. The van der Waals surface area contributed by atoms with E-state index in [2.05, 4.69) is 30.5 Å². The lowest BCUT2D eigenvalue weighted by molar-refractivity contribution is -0.106. The van der Waals surface area contributed by atoms with E-state index in [1.165, 1.54) is 49.1 Å². The highest BCUT2D eigenvalue weighted by Crippen LogP contribution is 2.51. The fraction of sp³-hybridized carbons (Fsp3) is 0.625. The predicted molar refractivity (Wildman–Crippen MR) is 115 cm³/mol. The molecule has 0 amide bonds. The summed E-state index contributed by atoms with van der Waals surface area (Å²) in [5.74, 6) is 1.69. The van der Waals surface area contributed by atoms with Crippen LogP contribution in [0.5, 0.6) is 5.75 Å². The minimum atomic E-state index is 0.104. The van der Waals surface area contributed by atoms with Crippen molar-refractivity contribution in [1.82, 2.24) is 4.98 Å². The standard InChI is InChI=1S/C24H33NO2S/c1-19(8-9-21-20(26-2)10-16-28-21)17-23(22-7-3-6-14-25-22)13-15-27-24(18-23)11-4-5-12-24/h3,6-7,10,14,16,19H,4-5,8-9,11-13,15,17-18H2,1-2H3. The van der Waals surface area contributed by atoms with Crippen LogP contribution >= 0.6 is 11.3 Å². The molecule has 3 nitrogen and oxygen atoms in total. The summed E-state index contributed by atoms with van der Waals surface area (Å²) in [6.07, 6.45) is 12.8. The second-order valence-corrected chi connectivity index (χ2v) is 9.92. The predicted octanol–water partition coefficient (Wildman–Crippen LogP) is 6.17. The minimum absolute atomic E-state index is 0.104. The third kappa shape index (κ3) is 4.13. The average molecular weight is 400 g/mol. The number of thiophene rings is 1. The van der Waals surface area contributed by atoms with Crippen LogP contribution in [0, 0.1) is 5.92 Å². The maximum atomic E-state index is 6.39. The smallest absolute Gasteiger partial charge is 0.132 e. The Labute approximate surface area is 173 Å². The number of methoxy groups -OCH3 is 1. The second-order valence-electron chi connectivity index (χ2n) is 8.92. The van der Waals surface area contributed by atoms with E-state index in [1.54, 1.807) is 7.11 Å². The number of rotatable bonds is 7. The van der Waals surface area contributed by atoms with Gasteiger partial charge in [0.05, 0.1) is 12.7 Å². The van der Waals surface area contributed by atoms with Gasteiger partial charge in [0.25, 0.3) is 0 Å². The minimum Gasteiger partial charge on any atom is -0.496 e. The van der Waals surface area contributed by atoms with Gasteiger partial charge in [0.2, 0.25) is 0 Å². The van der Waals surface area contributed by atoms with Gasteiger partial charge in [-0.05, 0) is 74.4 Å². The number of hydrogen-bond donors (Lipinski definition) is 0. The number of hydrogen-bond acceptors (Lipinski definition) is 4. The maximum absolute atomic E-state index is 6.39. The van der Waals surface area contributed by atoms with Crippen LogP contribution in [0.15, 0.2) is 35.8 Å². The molecule has 2 aromatic heterocycles.